The molecule has 194 valence electrons. The smallest absolute Gasteiger partial charge is 0.318 e. The number of pyridine rings is 1. The Bertz CT molecular complexity index is 1330. The van der Waals surface area contributed by atoms with E-state index < -0.39 is 0 Å². The molecule has 2 aliphatic rings. The number of halogens is 1. The number of amides is 2. The van der Waals surface area contributed by atoms with Crippen molar-refractivity contribution >= 4 is 6.03 Å². The van der Waals surface area contributed by atoms with Crippen LogP contribution < -0.4 is 16.2 Å². The molecule has 0 unspecified atom stereocenters. The molecule has 5 rings (SSSR count). The van der Waals surface area contributed by atoms with E-state index in [1.54, 1.807) is 36.0 Å². The highest BCUT2D eigenvalue weighted by Crippen LogP contribution is 2.30. The van der Waals surface area contributed by atoms with Gasteiger partial charge in [0, 0.05) is 50.4 Å². The minimum Gasteiger partial charge on any atom is -0.333 e. The summed E-state index contributed by atoms with van der Waals surface area (Å²) in [6.45, 7) is 4.13. The zero-order valence-corrected chi connectivity index (χ0v) is 21.5. The fourth-order valence-corrected chi connectivity index (χ4v) is 5.28. The summed E-state index contributed by atoms with van der Waals surface area (Å²) in [5.74, 6) is -0.133. The van der Waals surface area contributed by atoms with Crippen molar-refractivity contribution in [2.45, 2.75) is 57.2 Å². The van der Waals surface area contributed by atoms with Gasteiger partial charge in [0.05, 0.1) is 0 Å². The molecule has 0 radical (unpaired) electrons. The number of aryl methyl sites for hydroxylation is 2. The second kappa shape index (κ2) is 10.9. The van der Waals surface area contributed by atoms with Crippen LogP contribution in [0.3, 0.4) is 0 Å². The number of hydrogen-bond donors (Lipinski definition) is 2. The van der Waals surface area contributed by atoms with Gasteiger partial charge in [0.25, 0.3) is 5.56 Å². The second-order valence-corrected chi connectivity index (χ2v) is 10.5. The molecule has 2 N–H and O–H groups in total. The summed E-state index contributed by atoms with van der Waals surface area (Å²) in [5.41, 5.74) is 5.25. The third-order valence-corrected chi connectivity index (χ3v) is 7.65. The molecule has 0 bridgehead atoms. The van der Waals surface area contributed by atoms with Crippen LogP contribution in [0.2, 0.25) is 0 Å². The van der Waals surface area contributed by atoms with Gasteiger partial charge in [-0.3, -0.25) is 4.79 Å². The summed E-state index contributed by atoms with van der Waals surface area (Å²) in [6, 6.07) is 16.8. The van der Waals surface area contributed by atoms with Gasteiger partial charge in [-0.2, -0.15) is 0 Å². The molecule has 7 heteroatoms. The summed E-state index contributed by atoms with van der Waals surface area (Å²) in [6.07, 6.45) is 5.34. The topological polar surface area (TPSA) is 66.4 Å². The number of carbonyl (C=O) groups excluding carboxylic acids is 1. The number of carbonyl (C=O) groups is 1. The average Bonchev–Trinajstić information content (AvgIpc) is 3.72. The molecule has 1 aliphatic carbocycles. The van der Waals surface area contributed by atoms with Gasteiger partial charge in [0.15, 0.2) is 0 Å². The van der Waals surface area contributed by atoms with E-state index in [-0.39, 0.29) is 35.4 Å². The van der Waals surface area contributed by atoms with Gasteiger partial charge >= 0.3 is 6.03 Å². The molecule has 2 fully saturated rings. The van der Waals surface area contributed by atoms with E-state index in [9.17, 15) is 14.0 Å². The van der Waals surface area contributed by atoms with Crippen LogP contribution in [0.1, 0.15) is 53.0 Å². The second-order valence-electron chi connectivity index (χ2n) is 10.5. The van der Waals surface area contributed by atoms with E-state index in [1.807, 2.05) is 17.0 Å². The normalized spacial score (nSPS) is 19.4. The lowest BCUT2D eigenvalue weighted by Crippen LogP contribution is -2.53. The zero-order chi connectivity index (χ0) is 25.9. The molecule has 37 heavy (non-hydrogen) atoms. The monoisotopic (exact) mass is 502 g/mol. The minimum absolute atomic E-state index is 0.0332. The Balaban J connectivity index is 1.31. The summed E-state index contributed by atoms with van der Waals surface area (Å²) >= 11 is 0. The Morgan fingerprint density at radius 2 is 1.95 bits per heavy atom. The Morgan fingerprint density at radius 1 is 1.11 bits per heavy atom. The third kappa shape index (κ3) is 6.10. The van der Waals surface area contributed by atoms with Crippen molar-refractivity contribution in [3.63, 3.8) is 0 Å². The molecule has 2 atom stereocenters. The number of rotatable bonds is 7. The lowest BCUT2D eigenvalue weighted by Gasteiger charge is -2.35. The average molecular weight is 503 g/mol. The molecule has 2 aromatic carbocycles. The van der Waals surface area contributed by atoms with Crippen molar-refractivity contribution in [3.8, 4) is 0 Å². The first-order valence-corrected chi connectivity index (χ1v) is 13.1. The molecule has 2 amide bonds. The number of aromatic nitrogens is 1. The van der Waals surface area contributed by atoms with Crippen LogP contribution in [0, 0.1) is 12.7 Å². The van der Waals surface area contributed by atoms with Crippen molar-refractivity contribution < 1.29 is 9.18 Å². The number of nitrogens with zero attached hydrogens (tertiary/aromatic N) is 2. The summed E-state index contributed by atoms with van der Waals surface area (Å²) < 4.78 is 15.3. The van der Waals surface area contributed by atoms with E-state index in [0.29, 0.717) is 19.5 Å². The lowest BCUT2D eigenvalue weighted by atomic mass is 9.86. The number of urea groups is 1. The standard InChI is InChI=1S/C30H35FN4O2/c1-20-6-7-22(15-24(20)14-21-4-3-5-25(31)16-21)19-35(26-8-9-26)30(37)33-28-18-32-12-10-27(28)23-11-13-34(2)29(36)17-23/h3-7,11,13,15-17,26-28,32H,8-10,12,14,18-19H2,1-2H3,(H,33,37)/t27-,28+/m0/s1. The van der Waals surface area contributed by atoms with Crippen LogP contribution >= 0.6 is 0 Å². The van der Waals surface area contributed by atoms with Gasteiger partial charge in [-0.15, -0.1) is 0 Å². The van der Waals surface area contributed by atoms with E-state index in [4.69, 9.17) is 0 Å². The van der Waals surface area contributed by atoms with E-state index >= 15 is 0 Å². The quantitative estimate of drug-likeness (QED) is 0.508. The maximum atomic E-state index is 13.7. The molecule has 1 aromatic heterocycles. The maximum absolute atomic E-state index is 13.7. The summed E-state index contributed by atoms with van der Waals surface area (Å²) in [5, 5.41) is 6.69. The Morgan fingerprint density at radius 3 is 2.70 bits per heavy atom. The van der Waals surface area contributed by atoms with Crippen LogP contribution in [0.25, 0.3) is 0 Å². The largest absolute Gasteiger partial charge is 0.333 e. The molecular weight excluding hydrogens is 467 g/mol. The number of nitrogens with one attached hydrogen (secondary N) is 2. The molecule has 2 heterocycles. The first-order chi connectivity index (χ1) is 17.9. The Kier molecular flexibility index (Phi) is 7.42. The molecule has 1 saturated heterocycles. The van der Waals surface area contributed by atoms with E-state index in [0.717, 1.165) is 53.6 Å². The highest BCUT2D eigenvalue weighted by Gasteiger charge is 2.35. The third-order valence-electron chi connectivity index (χ3n) is 7.65. The molecule has 6 nitrogen and oxygen atoms in total. The predicted octanol–water partition coefficient (Wildman–Crippen LogP) is 4.24. The lowest BCUT2D eigenvalue weighted by molar-refractivity contribution is 0.183. The minimum atomic E-state index is -0.228. The number of piperidine rings is 1. The Labute approximate surface area is 217 Å². The highest BCUT2D eigenvalue weighted by molar-refractivity contribution is 5.75. The van der Waals surface area contributed by atoms with Crippen LogP contribution in [0.15, 0.2) is 65.6 Å². The van der Waals surface area contributed by atoms with Crippen LogP contribution in [0.5, 0.6) is 0 Å². The number of benzene rings is 2. The van der Waals surface area contributed by atoms with E-state index in [2.05, 4.69) is 35.8 Å². The SMILES string of the molecule is Cc1ccc(CN(C(=O)N[C@@H]2CNCC[C@H]2c2ccn(C)c(=O)c2)C2CC2)cc1Cc1cccc(F)c1. The fraction of sp³-hybridized carbons (Fsp3) is 0.400. The van der Waals surface area contributed by atoms with Gasteiger partial charge in [-0.05, 0) is 85.2 Å². The first kappa shape index (κ1) is 25.2. The molecule has 1 saturated carbocycles. The Hall–Kier alpha value is -3.45. The van der Waals surface area contributed by atoms with Crippen molar-refractivity contribution in [1.29, 1.82) is 0 Å². The molecule has 0 spiro atoms. The number of hydrogen-bond acceptors (Lipinski definition) is 3. The van der Waals surface area contributed by atoms with Crippen LogP contribution in [0.4, 0.5) is 9.18 Å². The van der Waals surface area contributed by atoms with Gasteiger partial charge in [0.2, 0.25) is 0 Å². The summed E-state index contributed by atoms with van der Waals surface area (Å²) in [7, 11) is 1.75. The molecule has 3 aromatic rings. The van der Waals surface area contributed by atoms with Crippen molar-refractivity contribution in [3.05, 3.63) is 105 Å². The zero-order valence-electron chi connectivity index (χ0n) is 21.5. The van der Waals surface area contributed by atoms with Crippen LogP contribution in [-0.2, 0) is 20.0 Å². The molecular formula is C30H35FN4O2. The molecule has 1 aliphatic heterocycles. The predicted molar refractivity (Wildman–Crippen MR) is 143 cm³/mol. The fourth-order valence-electron chi connectivity index (χ4n) is 5.28. The van der Waals surface area contributed by atoms with Crippen LogP contribution in [-0.4, -0.2) is 40.7 Å². The summed E-state index contributed by atoms with van der Waals surface area (Å²) in [4.78, 5) is 27.7. The first-order valence-electron chi connectivity index (χ1n) is 13.1. The van der Waals surface area contributed by atoms with Crippen molar-refractivity contribution in [2.24, 2.45) is 7.05 Å². The van der Waals surface area contributed by atoms with Gasteiger partial charge in [-0.1, -0.05) is 30.3 Å². The van der Waals surface area contributed by atoms with Gasteiger partial charge in [0.1, 0.15) is 5.82 Å². The highest BCUT2D eigenvalue weighted by atomic mass is 19.1. The van der Waals surface area contributed by atoms with Gasteiger partial charge < -0.3 is 20.1 Å². The van der Waals surface area contributed by atoms with Gasteiger partial charge in [-0.25, -0.2) is 9.18 Å². The van der Waals surface area contributed by atoms with Crippen molar-refractivity contribution in [2.75, 3.05) is 13.1 Å². The van der Waals surface area contributed by atoms with E-state index in [1.165, 1.54) is 6.07 Å². The van der Waals surface area contributed by atoms with Crippen molar-refractivity contribution in [1.82, 2.24) is 20.1 Å². The maximum Gasteiger partial charge on any atom is 0.318 e.